The third-order valence-corrected chi connectivity index (χ3v) is 6.35. The normalized spacial score (nSPS) is 19.7. The predicted molar refractivity (Wildman–Crippen MR) is 99.6 cm³/mol. The third-order valence-electron chi connectivity index (χ3n) is 4.81. The zero-order valence-electron chi connectivity index (χ0n) is 14.4. The number of piperidine rings is 1. The molecule has 140 valence electrons. The topological polar surface area (TPSA) is 87.3 Å². The number of benzene rings is 1. The molecule has 0 bridgehead atoms. The van der Waals surface area contributed by atoms with E-state index in [1.165, 1.54) is 12.1 Å². The van der Waals surface area contributed by atoms with Crippen LogP contribution in [0.1, 0.15) is 43.0 Å². The Morgan fingerprint density at radius 2 is 1.80 bits per heavy atom. The minimum Gasteiger partial charge on any atom is -0.351 e. The number of hydrogen-bond acceptors (Lipinski definition) is 4. The minimum atomic E-state index is -3.47. The van der Waals surface area contributed by atoms with Crippen LogP contribution in [0.4, 0.5) is 0 Å². The van der Waals surface area contributed by atoms with E-state index in [9.17, 15) is 13.2 Å². The molecule has 3 N–H and O–H groups in total. The second-order valence-corrected chi connectivity index (χ2v) is 8.88. The van der Waals surface area contributed by atoms with E-state index in [0.29, 0.717) is 12.1 Å². The molecule has 1 aliphatic carbocycles. The van der Waals surface area contributed by atoms with E-state index in [-0.39, 0.29) is 34.7 Å². The third kappa shape index (κ3) is 5.41. The van der Waals surface area contributed by atoms with Crippen LogP contribution in [0.2, 0.25) is 0 Å². The summed E-state index contributed by atoms with van der Waals surface area (Å²) in [6, 6.07) is 6.20. The summed E-state index contributed by atoms with van der Waals surface area (Å²) in [6.07, 6.45) is 3.87. The first-order valence-electron chi connectivity index (χ1n) is 8.49. The highest BCUT2D eigenvalue weighted by Crippen LogP contribution is 2.27. The molecule has 1 saturated carbocycles. The fourth-order valence-electron chi connectivity index (χ4n) is 2.88. The standard InChI is InChI=1S/C17H25N3O3S.ClH/c1-17(8-10-18-11-9-17)12-19-16(21)13-2-6-15(7-3-13)24(22,23)20-14-4-5-14;/h2-3,6-7,14,18,20H,4-5,8-12H2,1H3,(H,19,21);1H. The molecule has 0 radical (unpaired) electrons. The molecule has 0 atom stereocenters. The van der Waals surface area contributed by atoms with Gasteiger partial charge in [0.1, 0.15) is 0 Å². The number of rotatable bonds is 6. The van der Waals surface area contributed by atoms with Crippen LogP contribution in [0, 0.1) is 5.41 Å². The Kier molecular flexibility index (Phi) is 6.48. The first-order chi connectivity index (χ1) is 11.4. The van der Waals surface area contributed by atoms with Gasteiger partial charge in [0, 0.05) is 18.2 Å². The average Bonchev–Trinajstić information content (AvgIpc) is 3.37. The lowest BCUT2D eigenvalue weighted by atomic mass is 9.81. The monoisotopic (exact) mass is 387 g/mol. The highest BCUT2D eigenvalue weighted by molar-refractivity contribution is 7.89. The number of nitrogens with one attached hydrogen (secondary N) is 3. The van der Waals surface area contributed by atoms with Crippen LogP contribution >= 0.6 is 12.4 Å². The van der Waals surface area contributed by atoms with Crippen molar-refractivity contribution < 1.29 is 13.2 Å². The zero-order valence-corrected chi connectivity index (χ0v) is 16.0. The van der Waals surface area contributed by atoms with E-state index in [1.54, 1.807) is 12.1 Å². The number of carbonyl (C=O) groups is 1. The first-order valence-corrected chi connectivity index (χ1v) is 9.98. The maximum atomic E-state index is 12.3. The molecule has 0 unspecified atom stereocenters. The molecule has 1 aromatic carbocycles. The Hall–Kier alpha value is -1.15. The Bertz CT molecular complexity index is 696. The van der Waals surface area contributed by atoms with Crippen LogP contribution in [-0.2, 0) is 10.0 Å². The van der Waals surface area contributed by atoms with Crippen molar-refractivity contribution in [3.05, 3.63) is 29.8 Å². The fraction of sp³-hybridized carbons (Fsp3) is 0.588. The van der Waals surface area contributed by atoms with Gasteiger partial charge in [-0.25, -0.2) is 13.1 Å². The summed E-state index contributed by atoms with van der Waals surface area (Å²) in [7, 11) is -3.47. The van der Waals surface area contributed by atoms with Gasteiger partial charge in [-0.2, -0.15) is 0 Å². The Labute approximate surface area is 155 Å². The number of hydrogen-bond donors (Lipinski definition) is 3. The molecule has 2 aliphatic rings. The van der Waals surface area contributed by atoms with Gasteiger partial charge >= 0.3 is 0 Å². The molecular weight excluding hydrogens is 362 g/mol. The fourth-order valence-corrected chi connectivity index (χ4v) is 4.18. The van der Waals surface area contributed by atoms with E-state index in [2.05, 4.69) is 22.3 Å². The summed E-state index contributed by atoms with van der Waals surface area (Å²) >= 11 is 0. The highest BCUT2D eigenvalue weighted by atomic mass is 35.5. The van der Waals surface area contributed by atoms with Crippen molar-refractivity contribution in [3.63, 3.8) is 0 Å². The first kappa shape index (κ1) is 20.2. The van der Waals surface area contributed by atoms with Gasteiger partial charge in [0.05, 0.1) is 4.90 Å². The molecule has 3 rings (SSSR count). The van der Waals surface area contributed by atoms with E-state index in [4.69, 9.17) is 0 Å². The molecule has 1 aliphatic heterocycles. The summed E-state index contributed by atoms with van der Waals surface area (Å²) in [6.45, 7) is 4.78. The van der Waals surface area contributed by atoms with Crippen molar-refractivity contribution in [2.45, 2.75) is 43.5 Å². The lowest BCUT2D eigenvalue weighted by molar-refractivity contribution is 0.0922. The molecule has 1 amide bonds. The van der Waals surface area contributed by atoms with Crippen LogP contribution in [0.3, 0.4) is 0 Å². The van der Waals surface area contributed by atoms with Crippen LogP contribution in [0.15, 0.2) is 29.2 Å². The molecule has 8 heteroatoms. The van der Waals surface area contributed by atoms with Gasteiger partial charge in [-0.1, -0.05) is 6.92 Å². The van der Waals surface area contributed by atoms with Gasteiger partial charge in [-0.15, -0.1) is 12.4 Å². The molecule has 25 heavy (non-hydrogen) atoms. The lowest BCUT2D eigenvalue weighted by Gasteiger charge is -2.34. The summed E-state index contributed by atoms with van der Waals surface area (Å²) in [5.74, 6) is -0.158. The Morgan fingerprint density at radius 1 is 1.20 bits per heavy atom. The molecule has 2 fully saturated rings. The zero-order chi connectivity index (χ0) is 17.2. The van der Waals surface area contributed by atoms with Gasteiger partial charge < -0.3 is 10.6 Å². The lowest BCUT2D eigenvalue weighted by Crippen LogP contribution is -2.42. The second kappa shape index (κ2) is 8.03. The maximum absolute atomic E-state index is 12.3. The van der Waals surface area contributed by atoms with Crippen LogP contribution in [0.25, 0.3) is 0 Å². The summed E-state index contributed by atoms with van der Waals surface area (Å²) in [5.41, 5.74) is 0.608. The van der Waals surface area contributed by atoms with E-state index in [0.717, 1.165) is 38.8 Å². The van der Waals surface area contributed by atoms with Crippen LogP contribution in [0.5, 0.6) is 0 Å². The average molecular weight is 388 g/mol. The van der Waals surface area contributed by atoms with Crippen molar-refractivity contribution >= 4 is 28.3 Å². The smallest absolute Gasteiger partial charge is 0.251 e. The summed E-state index contributed by atoms with van der Waals surface area (Å²) in [4.78, 5) is 12.5. The molecule has 6 nitrogen and oxygen atoms in total. The molecular formula is C17H26ClN3O3S. The largest absolute Gasteiger partial charge is 0.351 e. The highest BCUT2D eigenvalue weighted by Gasteiger charge is 2.29. The molecule has 0 spiro atoms. The predicted octanol–water partition coefficient (Wildman–Crippen LogP) is 1.67. The molecule has 1 saturated heterocycles. The number of amides is 1. The van der Waals surface area contributed by atoms with Crippen LogP contribution < -0.4 is 15.4 Å². The number of sulfonamides is 1. The van der Waals surface area contributed by atoms with Gasteiger partial charge in [0.15, 0.2) is 0 Å². The van der Waals surface area contributed by atoms with Gasteiger partial charge in [-0.05, 0) is 68.5 Å². The Balaban J connectivity index is 0.00000225. The SMILES string of the molecule is CC1(CNC(=O)c2ccc(S(=O)(=O)NC3CC3)cc2)CCNCC1.Cl. The molecule has 0 aromatic heterocycles. The van der Waals surface area contributed by atoms with Gasteiger partial charge in [-0.3, -0.25) is 4.79 Å². The number of halogens is 1. The quantitative estimate of drug-likeness (QED) is 0.692. The van der Waals surface area contributed by atoms with E-state index < -0.39 is 10.0 Å². The maximum Gasteiger partial charge on any atom is 0.251 e. The number of carbonyl (C=O) groups excluding carboxylic acids is 1. The summed E-state index contributed by atoms with van der Waals surface area (Å²) < 4.78 is 26.9. The van der Waals surface area contributed by atoms with Crippen molar-refractivity contribution in [2.75, 3.05) is 19.6 Å². The van der Waals surface area contributed by atoms with Crippen molar-refractivity contribution in [2.24, 2.45) is 5.41 Å². The van der Waals surface area contributed by atoms with Crippen molar-refractivity contribution in [3.8, 4) is 0 Å². The van der Waals surface area contributed by atoms with Gasteiger partial charge in [0.2, 0.25) is 10.0 Å². The Morgan fingerprint density at radius 3 is 2.36 bits per heavy atom. The van der Waals surface area contributed by atoms with Crippen molar-refractivity contribution in [1.29, 1.82) is 0 Å². The van der Waals surface area contributed by atoms with Crippen LogP contribution in [-0.4, -0.2) is 40.0 Å². The minimum absolute atomic E-state index is 0. The summed E-state index contributed by atoms with van der Waals surface area (Å²) in [5, 5.41) is 6.30. The van der Waals surface area contributed by atoms with E-state index >= 15 is 0 Å². The van der Waals surface area contributed by atoms with Crippen molar-refractivity contribution in [1.82, 2.24) is 15.4 Å². The molecule has 1 aromatic rings. The molecule has 1 heterocycles. The van der Waals surface area contributed by atoms with Gasteiger partial charge in [0.25, 0.3) is 5.91 Å². The second-order valence-electron chi connectivity index (χ2n) is 7.16. The van der Waals surface area contributed by atoms with E-state index in [1.807, 2.05) is 0 Å².